The fourth-order valence-electron chi connectivity index (χ4n) is 6.16. The third kappa shape index (κ3) is 0.890. The molecule has 6 rings (SSSR count). The van der Waals surface area contributed by atoms with Crippen LogP contribution >= 0.6 is 11.8 Å². The molecule has 5 fully saturated rings. The maximum absolute atomic E-state index is 2.60. The Balaban J connectivity index is 1.62. The summed E-state index contributed by atoms with van der Waals surface area (Å²) < 4.78 is 0.743. The fourth-order valence-corrected chi connectivity index (χ4v) is 8.27. The zero-order valence-corrected chi connectivity index (χ0v) is 10.6. The molecule has 1 heterocycles. The second kappa shape index (κ2) is 2.74. The lowest BCUT2D eigenvalue weighted by Gasteiger charge is -2.62. The van der Waals surface area contributed by atoms with E-state index in [4.69, 9.17) is 0 Å². The van der Waals surface area contributed by atoms with Crippen molar-refractivity contribution in [2.45, 2.75) is 48.5 Å². The molecule has 5 aliphatic carbocycles. The standard InChI is InChI=1S/C15H20S/c1-2-14-8-11(1)15(16-14)12-4-9-3-10(6-12)7-13(15)5-9/h1-2,9-14H,3-8H2. The lowest BCUT2D eigenvalue weighted by atomic mass is 9.49. The second-order valence-corrected chi connectivity index (χ2v) is 8.59. The number of hydrogen-bond acceptors (Lipinski definition) is 1. The molecule has 0 aromatic rings. The molecule has 1 heteroatoms. The summed E-state index contributed by atoms with van der Waals surface area (Å²) in [6.07, 6.45) is 14.6. The molecule has 6 bridgehead atoms. The quantitative estimate of drug-likeness (QED) is 0.571. The molecule has 0 radical (unpaired) electrons. The Bertz CT molecular complexity index is 342. The van der Waals surface area contributed by atoms with E-state index in [-0.39, 0.29) is 0 Å². The number of thioether (sulfide) groups is 1. The second-order valence-electron chi connectivity index (χ2n) is 7.04. The molecule has 2 unspecified atom stereocenters. The van der Waals surface area contributed by atoms with Crippen LogP contribution in [-0.4, -0.2) is 10.00 Å². The highest BCUT2D eigenvalue weighted by Gasteiger charge is 2.63. The molecule has 4 saturated carbocycles. The SMILES string of the molecule is C1=CC2CC1SC21C2CC3CC(C2)CC1C3. The van der Waals surface area contributed by atoms with E-state index in [0.29, 0.717) is 0 Å². The van der Waals surface area contributed by atoms with E-state index in [1.54, 1.807) is 32.1 Å². The van der Waals surface area contributed by atoms with Gasteiger partial charge in [0.1, 0.15) is 0 Å². The molecule has 1 aliphatic heterocycles. The summed E-state index contributed by atoms with van der Waals surface area (Å²) in [7, 11) is 0. The van der Waals surface area contributed by atoms with Crippen molar-refractivity contribution >= 4 is 11.8 Å². The molecule has 86 valence electrons. The molecule has 0 aromatic heterocycles. The van der Waals surface area contributed by atoms with Gasteiger partial charge in [0.05, 0.1) is 0 Å². The number of hydrogen-bond donors (Lipinski definition) is 0. The average molecular weight is 232 g/mol. The molecule has 16 heavy (non-hydrogen) atoms. The average Bonchev–Trinajstić information content (AvgIpc) is 2.85. The Hall–Kier alpha value is 0.0900. The predicted octanol–water partition coefficient (Wildman–Crippen LogP) is 3.87. The zero-order chi connectivity index (χ0) is 10.3. The van der Waals surface area contributed by atoms with E-state index >= 15 is 0 Å². The van der Waals surface area contributed by atoms with E-state index in [1.807, 2.05) is 0 Å². The van der Waals surface area contributed by atoms with E-state index in [2.05, 4.69) is 23.9 Å². The minimum absolute atomic E-state index is 0.743. The molecular formula is C15H20S. The number of rotatable bonds is 0. The number of fused-ring (bicyclic) bond motifs is 2. The van der Waals surface area contributed by atoms with Gasteiger partial charge in [0, 0.05) is 10.00 Å². The van der Waals surface area contributed by atoms with Crippen LogP contribution in [0.25, 0.3) is 0 Å². The topological polar surface area (TPSA) is 0 Å². The molecule has 0 nitrogen and oxygen atoms in total. The van der Waals surface area contributed by atoms with Crippen LogP contribution in [-0.2, 0) is 0 Å². The van der Waals surface area contributed by atoms with Gasteiger partial charge in [0.15, 0.2) is 0 Å². The molecule has 2 atom stereocenters. The smallest absolute Gasteiger partial charge is 0.0285 e. The summed E-state index contributed by atoms with van der Waals surface area (Å²) in [6, 6.07) is 0. The molecule has 1 saturated heterocycles. The van der Waals surface area contributed by atoms with Crippen molar-refractivity contribution in [2.24, 2.45) is 29.6 Å². The van der Waals surface area contributed by atoms with Gasteiger partial charge < -0.3 is 0 Å². The summed E-state index contributed by atoms with van der Waals surface area (Å²) in [5.74, 6) is 5.45. The minimum atomic E-state index is 0.743. The van der Waals surface area contributed by atoms with Crippen molar-refractivity contribution in [1.29, 1.82) is 0 Å². The van der Waals surface area contributed by atoms with Gasteiger partial charge in [0.2, 0.25) is 0 Å². The summed E-state index contributed by atoms with van der Waals surface area (Å²) in [6.45, 7) is 0. The van der Waals surface area contributed by atoms with Crippen LogP contribution in [0.2, 0.25) is 0 Å². The monoisotopic (exact) mass is 232 g/mol. The van der Waals surface area contributed by atoms with Crippen molar-refractivity contribution in [3.8, 4) is 0 Å². The van der Waals surface area contributed by atoms with Gasteiger partial charge in [-0.2, -0.15) is 0 Å². The third-order valence-corrected chi connectivity index (χ3v) is 8.42. The van der Waals surface area contributed by atoms with Crippen LogP contribution in [0.3, 0.4) is 0 Å². The van der Waals surface area contributed by atoms with E-state index in [1.165, 1.54) is 6.42 Å². The normalized spacial score (nSPS) is 65.0. The largest absolute Gasteiger partial charge is 0.146 e. The summed E-state index contributed by atoms with van der Waals surface area (Å²) in [5.41, 5.74) is 0. The summed E-state index contributed by atoms with van der Waals surface area (Å²) in [5, 5.41) is 0.905. The summed E-state index contributed by atoms with van der Waals surface area (Å²) >= 11 is 2.41. The van der Waals surface area contributed by atoms with Crippen LogP contribution < -0.4 is 0 Å². The first kappa shape index (κ1) is 9.08. The van der Waals surface area contributed by atoms with E-state index < -0.39 is 0 Å². The van der Waals surface area contributed by atoms with Crippen molar-refractivity contribution in [1.82, 2.24) is 0 Å². The highest BCUT2D eigenvalue weighted by Crippen LogP contribution is 2.70. The molecule has 0 amide bonds. The Morgan fingerprint density at radius 1 is 0.812 bits per heavy atom. The van der Waals surface area contributed by atoms with Gasteiger partial charge in [0.25, 0.3) is 0 Å². The Morgan fingerprint density at radius 3 is 2.00 bits per heavy atom. The van der Waals surface area contributed by atoms with Crippen LogP contribution in [0.4, 0.5) is 0 Å². The van der Waals surface area contributed by atoms with Crippen molar-refractivity contribution < 1.29 is 0 Å². The fraction of sp³-hybridized carbons (Fsp3) is 0.867. The first-order chi connectivity index (χ1) is 7.84. The van der Waals surface area contributed by atoms with Crippen molar-refractivity contribution in [2.75, 3.05) is 0 Å². The lowest BCUT2D eigenvalue weighted by molar-refractivity contribution is -0.0286. The highest BCUT2D eigenvalue weighted by molar-refractivity contribution is 8.01. The lowest BCUT2D eigenvalue weighted by Crippen LogP contribution is -2.57. The molecule has 0 aromatic carbocycles. The first-order valence-corrected chi connectivity index (χ1v) is 8.08. The van der Waals surface area contributed by atoms with Crippen LogP contribution in [0.15, 0.2) is 12.2 Å². The molecular weight excluding hydrogens is 212 g/mol. The predicted molar refractivity (Wildman–Crippen MR) is 68.4 cm³/mol. The van der Waals surface area contributed by atoms with Crippen LogP contribution in [0.5, 0.6) is 0 Å². The molecule has 1 spiro atoms. The Morgan fingerprint density at radius 2 is 1.50 bits per heavy atom. The van der Waals surface area contributed by atoms with Gasteiger partial charge in [-0.3, -0.25) is 0 Å². The van der Waals surface area contributed by atoms with E-state index in [9.17, 15) is 0 Å². The van der Waals surface area contributed by atoms with Crippen molar-refractivity contribution in [3.63, 3.8) is 0 Å². The molecule has 6 aliphatic rings. The summed E-state index contributed by atoms with van der Waals surface area (Å²) in [4.78, 5) is 0. The maximum Gasteiger partial charge on any atom is 0.0285 e. The van der Waals surface area contributed by atoms with Crippen LogP contribution in [0, 0.1) is 29.6 Å². The van der Waals surface area contributed by atoms with E-state index in [0.717, 1.165) is 39.6 Å². The van der Waals surface area contributed by atoms with Crippen LogP contribution in [0.1, 0.15) is 38.5 Å². The van der Waals surface area contributed by atoms with Gasteiger partial charge in [-0.15, -0.1) is 11.8 Å². The van der Waals surface area contributed by atoms with Gasteiger partial charge in [-0.1, -0.05) is 12.2 Å². The van der Waals surface area contributed by atoms with Gasteiger partial charge in [-0.25, -0.2) is 0 Å². The van der Waals surface area contributed by atoms with Gasteiger partial charge in [-0.05, 0) is 68.1 Å². The van der Waals surface area contributed by atoms with Crippen molar-refractivity contribution in [3.05, 3.63) is 12.2 Å². The molecule has 0 N–H and O–H groups in total. The number of allylic oxidation sites excluding steroid dienone is 1. The Kier molecular flexibility index (Phi) is 1.55. The maximum atomic E-state index is 2.60. The van der Waals surface area contributed by atoms with Gasteiger partial charge >= 0.3 is 0 Å². The minimum Gasteiger partial charge on any atom is -0.146 e. The first-order valence-electron chi connectivity index (χ1n) is 7.20. The zero-order valence-electron chi connectivity index (χ0n) is 9.77. The highest BCUT2D eigenvalue weighted by atomic mass is 32.2. The third-order valence-electron chi connectivity index (χ3n) is 6.39. The Labute approximate surface area is 102 Å².